The van der Waals surface area contributed by atoms with Crippen LogP contribution in [0.4, 0.5) is 0 Å². The standard InChI is InChI=1S/C40H46O6/c1-24-10-13-33-30(31(24)22-29-12-15-36(46-29)38(42)44-7)9-8-17-40(33,5)23-26-16-18-39(3,4)34-21-27(25(2)19-32(26)34)20-28-11-14-35(45-28)37(41)43-6/h10-15,19,21,26H,8-9,16-18,20,22-23H2,1-7H3. The van der Waals surface area contributed by atoms with Crippen LogP contribution in [0.1, 0.15) is 136 Å². The summed E-state index contributed by atoms with van der Waals surface area (Å²) in [5.41, 5.74) is 11.1. The Bertz CT molecular complexity index is 1780. The third-order valence-corrected chi connectivity index (χ3v) is 10.8. The van der Waals surface area contributed by atoms with Gasteiger partial charge in [-0.2, -0.15) is 0 Å². The van der Waals surface area contributed by atoms with Crippen molar-refractivity contribution in [2.24, 2.45) is 0 Å². The lowest BCUT2D eigenvalue weighted by Crippen LogP contribution is -2.34. The number of benzene rings is 2. The number of hydrogen-bond donors (Lipinski definition) is 0. The lowest BCUT2D eigenvalue weighted by atomic mass is 9.60. The topological polar surface area (TPSA) is 78.9 Å². The van der Waals surface area contributed by atoms with E-state index >= 15 is 0 Å². The molecule has 46 heavy (non-hydrogen) atoms. The zero-order valence-electron chi connectivity index (χ0n) is 28.3. The van der Waals surface area contributed by atoms with Gasteiger partial charge in [-0.1, -0.05) is 45.0 Å². The summed E-state index contributed by atoms with van der Waals surface area (Å²) in [7, 11) is 2.74. The highest BCUT2D eigenvalue weighted by Crippen LogP contribution is 2.51. The molecule has 0 spiro atoms. The van der Waals surface area contributed by atoms with Crippen molar-refractivity contribution in [1.82, 2.24) is 0 Å². The quantitative estimate of drug-likeness (QED) is 0.182. The van der Waals surface area contributed by atoms with E-state index in [1.54, 1.807) is 12.1 Å². The fourth-order valence-electron chi connectivity index (χ4n) is 8.11. The van der Waals surface area contributed by atoms with Gasteiger partial charge in [-0.3, -0.25) is 0 Å². The van der Waals surface area contributed by atoms with Crippen LogP contribution in [0.3, 0.4) is 0 Å². The SMILES string of the molecule is COC(=O)c1ccc(Cc2cc3c(cc2C)C(CC2(C)CCCc4c2ccc(C)c4Cc2ccc(C(=O)OC)o2)CCC3(C)C)o1. The Kier molecular flexibility index (Phi) is 8.51. The fraction of sp³-hybridized carbons (Fsp3) is 0.450. The van der Waals surface area contributed by atoms with Crippen molar-refractivity contribution in [2.75, 3.05) is 14.2 Å². The zero-order valence-corrected chi connectivity index (χ0v) is 28.3. The predicted octanol–water partition coefficient (Wildman–Crippen LogP) is 9.08. The Labute approximate surface area is 272 Å². The summed E-state index contributed by atoms with van der Waals surface area (Å²) < 4.78 is 21.4. The Morgan fingerprint density at radius 2 is 1.46 bits per heavy atom. The third-order valence-electron chi connectivity index (χ3n) is 10.8. The van der Waals surface area contributed by atoms with Gasteiger partial charge in [0.1, 0.15) is 11.5 Å². The summed E-state index contributed by atoms with van der Waals surface area (Å²) in [5, 5.41) is 0. The number of aryl methyl sites for hydroxylation is 2. The van der Waals surface area contributed by atoms with E-state index in [0.29, 0.717) is 18.8 Å². The average molecular weight is 623 g/mol. The number of furan rings is 2. The molecule has 6 nitrogen and oxygen atoms in total. The molecule has 2 aliphatic rings. The van der Waals surface area contributed by atoms with Gasteiger partial charge >= 0.3 is 11.9 Å². The first-order valence-electron chi connectivity index (χ1n) is 16.5. The molecule has 0 N–H and O–H groups in total. The Hall–Kier alpha value is -4.06. The summed E-state index contributed by atoms with van der Waals surface area (Å²) in [6, 6.07) is 16.7. The molecule has 2 aromatic heterocycles. The molecule has 0 bridgehead atoms. The van der Waals surface area contributed by atoms with Crippen LogP contribution in [-0.4, -0.2) is 26.2 Å². The molecular formula is C40H46O6. The molecule has 242 valence electrons. The first-order chi connectivity index (χ1) is 21.9. The van der Waals surface area contributed by atoms with Gasteiger partial charge < -0.3 is 18.3 Å². The van der Waals surface area contributed by atoms with Gasteiger partial charge in [-0.05, 0) is 138 Å². The van der Waals surface area contributed by atoms with Crippen molar-refractivity contribution in [3.63, 3.8) is 0 Å². The molecule has 0 saturated carbocycles. The van der Waals surface area contributed by atoms with Crippen LogP contribution in [0.5, 0.6) is 0 Å². The molecule has 0 fully saturated rings. The minimum absolute atomic E-state index is 0.0603. The summed E-state index contributed by atoms with van der Waals surface area (Å²) in [5.74, 6) is 1.61. The van der Waals surface area contributed by atoms with Crippen LogP contribution in [0.15, 0.2) is 57.4 Å². The van der Waals surface area contributed by atoms with Crippen LogP contribution in [0.2, 0.25) is 0 Å². The van der Waals surface area contributed by atoms with Crippen LogP contribution in [0, 0.1) is 13.8 Å². The Morgan fingerprint density at radius 1 is 0.804 bits per heavy atom. The molecule has 6 heteroatoms. The van der Waals surface area contributed by atoms with E-state index < -0.39 is 11.9 Å². The molecule has 0 amide bonds. The molecule has 0 radical (unpaired) electrons. The smallest absolute Gasteiger partial charge is 0.373 e. The minimum Gasteiger partial charge on any atom is -0.463 e. The lowest BCUT2D eigenvalue weighted by Gasteiger charge is -2.44. The summed E-state index contributed by atoms with van der Waals surface area (Å²) in [6.07, 6.45) is 8.12. The zero-order chi connectivity index (χ0) is 32.8. The molecule has 2 unspecified atom stereocenters. The molecule has 2 heterocycles. The monoisotopic (exact) mass is 622 g/mol. The van der Waals surface area contributed by atoms with E-state index in [4.69, 9.17) is 18.3 Å². The van der Waals surface area contributed by atoms with Crippen molar-refractivity contribution in [1.29, 1.82) is 0 Å². The van der Waals surface area contributed by atoms with E-state index in [1.807, 2.05) is 12.1 Å². The third kappa shape index (κ3) is 5.94. The van der Waals surface area contributed by atoms with Gasteiger partial charge in [-0.15, -0.1) is 0 Å². The van der Waals surface area contributed by atoms with Crippen LogP contribution < -0.4 is 0 Å². The van der Waals surface area contributed by atoms with E-state index in [9.17, 15) is 9.59 Å². The van der Waals surface area contributed by atoms with Crippen molar-refractivity contribution >= 4 is 11.9 Å². The van der Waals surface area contributed by atoms with E-state index in [1.165, 1.54) is 71.6 Å². The molecule has 4 aromatic rings. The fourth-order valence-corrected chi connectivity index (χ4v) is 8.11. The molecule has 2 aliphatic carbocycles. The average Bonchev–Trinajstić information content (AvgIpc) is 3.70. The van der Waals surface area contributed by atoms with E-state index in [2.05, 4.69) is 58.9 Å². The lowest BCUT2D eigenvalue weighted by molar-refractivity contribution is 0.0555. The van der Waals surface area contributed by atoms with Crippen molar-refractivity contribution < 1.29 is 27.9 Å². The van der Waals surface area contributed by atoms with Crippen LogP contribution in [0.25, 0.3) is 0 Å². The molecule has 0 aliphatic heterocycles. The highest BCUT2D eigenvalue weighted by Gasteiger charge is 2.40. The molecule has 2 atom stereocenters. The number of hydrogen-bond acceptors (Lipinski definition) is 6. The van der Waals surface area contributed by atoms with Gasteiger partial charge in [0.05, 0.1) is 14.2 Å². The number of ether oxygens (including phenoxy) is 2. The molecule has 6 rings (SSSR count). The summed E-state index contributed by atoms with van der Waals surface area (Å²) >= 11 is 0. The largest absolute Gasteiger partial charge is 0.463 e. The summed E-state index contributed by atoms with van der Waals surface area (Å²) in [6.45, 7) is 11.6. The minimum atomic E-state index is -0.453. The van der Waals surface area contributed by atoms with Gasteiger partial charge in [0, 0.05) is 12.8 Å². The Balaban J connectivity index is 1.30. The van der Waals surface area contributed by atoms with Gasteiger partial charge in [0.15, 0.2) is 0 Å². The van der Waals surface area contributed by atoms with E-state index in [-0.39, 0.29) is 22.4 Å². The number of rotatable bonds is 8. The van der Waals surface area contributed by atoms with Crippen LogP contribution >= 0.6 is 0 Å². The molecular weight excluding hydrogens is 576 g/mol. The van der Waals surface area contributed by atoms with Crippen molar-refractivity contribution in [3.8, 4) is 0 Å². The first kappa shape index (κ1) is 31.9. The molecule has 2 aromatic carbocycles. The van der Waals surface area contributed by atoms with Crippen molar-refractivity contribution in [3.05, 3.63) is 116 Å². The predicted molar refractivity (Wildman–Crippen MR) is 178 cm³/mol. The van der Waals surface area contributed by atoms with Crippen LogP contribution in [-0.2, 0) is 39.6 Å². The highest BCUT2D eigenvalue weighted by atomic mass is 16.5. The van der Waals surface area contributed by atoms with Gasteiger partial charge in [-0.25, -0.2) is 9.59 Å². The number of carbonyl (C=O) groups excluding carboxylic acids is 2. The normalized spacial score (nSPS) is 20.1. The highest BCUT2D eigenvalue weighted by molar-refractivity contribution is 5.86. The maximum Gasteiger partial charge on any atom is 0.373 e. The summed E-state index contributed by atoms with van der Waals surface area (Å²) in [4.78, 5) is 23.9. The van der Waals surface area contributed by atoms with Gasteiger partial charge in [0.2, 0.25) is 11.5 Å². The second-order valence-corrected chi connectivity index (χ2v) is 14.4. The second-order valence-electron chi connectivity index (χ2n) is 14.4. The first-order valence-corrected chi connectivity index (χ1v) is 16.5. The number of methoxy groups -OCH3 is 2. The van der Waals surface area contributed by atoms with Gasteiger partial charge in [0.25, 0.3) is 0 Å². The van der Waals surface area contributed by atoms with Crippen molar-refractivity contribution in [2.45, 2.75) is 103 Å². The second kappa shape index (κ2) is 12.3. The van der Waals surface area contributed by atoms with E-state index in [0.717, 1.165) is 37.2 Å². The molecule has 0 saturated heterocycles. The maximum absolute atomic E-state index is 12.0. The number of fused-ring (bicyclic) bond motifs is 2. The maximum atomic E-state index is 12.0. The Morgan fingerprint density at radius 3 is 2.11 bits per heavy atom. The number of carbonyl (C=O) groups is 2. The number of esters is 2.